The molecule has 1 saturated heterocycles. The van der Waals surface area contributed by atoms with Gasteiger partial charge in [-0.3, -0.25) is 14.2 Å². The van der Waals surface area contributed by atoms with Crippen molar-refractivity contribution in [1.82, 2.24) is 19.9 Å². The van der Waals surface area contributed by atoms with Crippen molar-refractivity contribution in [3.63, 3.8) is 0 Å². The number of Topliss-reactive ketones (excluding diaryl/α,β-unsaturated/α-hetero) is 1. The smallest absolute Gasteiger partial charge is 0.260 e. The Bertz CT molecular complexity index is 1910. The third kappa shape index (κ3) is 5.40. The number of nitrogens with one attached hydrogen (secondary N) is 3. The quantitative estimate of drug-likeness (QED) is 0.213. The fourth-order valence-corrected chi connectivity index (χ4v) is 6.48. The maximum absolute atomic E-state index is 14.3. The van der Waals surface area contributed by atoms with Crippen LogP contribution in [0.4, 0.5) is 17.3 Å². The van der Waals surface area contributed by atoms with Gasteiger partial charge in [0.2, 0.25) is 5.95 Å². The van der Waals surface area contributed by atoms with E-state index in [4.69, 9.17) is 16.6 Å². The van der Waals surface area contributed by atoms with Crippen LogP contribution in [0.5, 0.6) is 0 Å². The van der Waals surface area contributed by atoms with Gasteiger partial charge in [0.15, 0.2) is 5.78 Å². The molecule has 8 nitrogen and oxygen atoms in total. The van der Waals surface area contributed by atoms with Crippen LogP contribution in [0.1, 0.15) is 40.4 Å². The molecule has 2 aromatic heterocycles. The molecule has 1 aliphatic heterocycles. The maximum atomic E-state index is 14.3. The highest BCUT2D eigenvalue weighted by molar-refractivity contribution is 6.33. The standard InChI is InChI=1S/C34H31ClN6O2/c1-20-6-11-28(30(35)14-20)29-16-22-18-37-34(39-24-9-7-23(8-10-24)38-25-12-13-36-19-25)40-32(22)41(33(29)43)26-15-21-4-2-3-5-27(21)31(42)17-26/h2-11,14,16,18,25-26,36,38H,12-13,15,17,19H2,1H3,(H,37,39,40). The molecule has 5 aromatic rings. The van der Waals surface area contributed by atoms with Crippen molar-refractivity contribution in [3.05, 3.63) is 111 Å². The lowest BCUT2D eigenvalue weighted by atomic mass is 9.87. The van der Waals surface area contributed by atoms with Gasteiger partial charge in [-0.1, -0.05) is 48.0 Å². The van der Waals surface area contributed by atoms with E-state index >= 15 is 0 Å². The van der Waals surface area contributed by atoms with E-state index < -0.39 is 6.04 Å². The van der Waals surface area contributed by atoms with Crippen molar-refractivity contribution in [1.29, 1.82) is 0 Å². The van der Waals surface area contributed by atoms with E-state index in [9.17, 15) is 9.59 Å². The number of fused-ring (bicyclic) bond motifs is 2. The van der Waals surface area contributed by atoms with Crippen molar-refractivity contribution >= 4 is 45.7 Å². The van der Waals surface area contributed by atoms with Crippen molar-refractivity contribution in [2.75, 3.05) is 23.7 Å². The number of ketones is 1. The number of anilines is 3. The summed E-state index contributed by atoms with van der Waals surface area (Å²) in [5, 5.41) is 11.4. The molecule has 3 N–H and O–H groups in total. The monoisotopic (exact) mass is 590 g/mol. The zero-order valence-electron chi connectivity index (χ0n) is 23.7. The number of rotatable bonds is 6. The number of halogens is 1. The first-order valence-corrected chi connectivity index (χ1v) is 14.9. The van der Waals surface area contributed by atoms with Gasteiger partial charge in [0.25, 0.3) is 5.56 Å². The number of carbonyl (C=O) groups excluding carboxylic acids is 1. The van der Waals surface area contributed by atoms with E-state index in [1.165, 1.54) is 0 Å². The van der Waals surface area contributed by atoms with Crippen molar-refractivity contribution in [3.8, 4) is 11.1 Å². The Labute approximate surface area is 254 Å². The molecular weight excluding hydrogens is 560 g/mol. The molecule has 9 heteroatoms. The lowest BCUT2D eigenvalue weighted by Crippen LogP contribution is -2.32. The van der Waals surface area contributed by atoms with E-state index in [-0.39, 0.29) is 17.8 Å². The molecule has 0 spiro atoms. The summed E-state index contributed by atoms with van der Waals surface area (Å²) in [4.78, 5) is 36.9. The van der Waals surface area contributed by atoms with Gasteiger partial charge in [0.05, 0.1) is 6.04 Å². The lowest BCUT2D eigenvalue weighted by molar-refractivity contribution is 0.0951. The zero-order valence-corrected chi connectivity index (χ0v) is 24.5. The summed E-state index contributed by atoms with van der Waals surface area (Å²) in [6.45, 7) is 3.95. The van der Waals surface area contributed by atoms with Crippen LogP contribution in [-0.4, -0.2) is 39.4 Å². The molecule has 2 aliphatic rings. The van der Waals surface area contributed by atoms with Gasteiger partial charge in [-0.05, 0) is 73.8 Å². The van der Waals surface area contributed by atoms with Gasteiger partial charge in [-0.2, -0.15) is 4.98 Å². The van der Waals surface area contributed by atoms with E-state index in [2.05, 4.69) is 20.9 Å². The first-order chi connectivity index (χ1) is 20.9. The Morgan fingerprint density at radius 3 is 2.53 bits per heavy atom. The summed E-state index contributed by atoms with van der Waals surface area (Å²) in [6, 6.07) is 23.1. The Balaban J connectivity index is 1.29. The predicted molar refractivity (Wildman–Crippen MR) is 172 cm³/mol. The number of aryl methyl sites for hydroxylation is 1. The normalized spacial score (nSPS) is 18.0. The largest absolute Gasteiger partial charge is 0.381 e. The third-order valence-electron chi connectivity index (χ3n) is 8.32. The predicted octanol–water partition coefficient (Wildman–Crippen LogP) is 6.31. The summed E-state index contributed by atoms with van der Waals surface area (Å²) >= 11 is 6.64. The minimum atomic E-state index is -0.403. The average Bonchev–Trinajstić information content (AvgIpc) is 3.51. The van der Waals surface area contributed by atoms with Gasteiger partial charge in [-0.15, -0.1) is 0 Å². The van der Waals surface area contributed by atoms with Crippen LogP contribution < -0.4 is 21.5 Å². The fourth-order valence-electron chi connectivity index (χ4n) is 6.15. The molecule has 216 valence electrons. The summed E-state index contributed by atoms with van der Waals surface area (Å²) < 4.78 is 1.67. The SMILES string of the molecule is Cc1ccc(-c2cc3cnc(Nc4ccc(NC5CCNC5)cc4)nc3n(C3CC(=O)c4ccccc4C3)c2=O)c(Cl)c1. The van der Waals surface area contributed by atoms with Crippen LogP contribution in [0, 0.1) is 6.92 Å². The molecular formula is C34H31ClN6O2. The highest BCUT2D eigenvalue weighted by Crippen LogP contribution is 2.33. The highest BCUT2D eigenvalue weighted by Gasteiger charge is 2.29. The number of carbonyl (C=O) groups is 1. The van der Waals surface area contributed by atoms with Gasteiger partial charge < -0.3 is 16.0 Å². The molecule has 1 aliphatic carbocycles. The minimum absolute atomic E-state index is 0.0140. The van der Waals surface area contributed by atoms with Crippen LogP contribution in [0.2, 0.25) is 5.02 Å². The molecule has 43 heavy (non-hydrogen) atoms. The second-order valence-corrected chi connectivity index (χ2v) is 11.8. The van der Waals surface area contributed by atoms with Gasteiger partial charge in [-0.25, -0.2) is 4.98 Å². The van der Waals surface area contributed by atoms with Crippen molar-refractivity contribution in [2.24, 2.45) is 0 Å². The number of benzene rings is 3. The molecule has 0 amide bonds. The fraction of sp³-hybridized carbons (Fsp3) is 0.235. The molecule has 7 rings (SSSR count). The number of hydrogen-bond acceptors (Lipinski definition) is 7. The second kappa shape index (κ2) is 11.3. The van der Waals surface area contributed by atoms with E-state index in [1.54, 1.807) is 16.8 Å². The summed E-state index contributed by atoms with van der Waals surface area (Å²) in [6.07, 6.45) is 3.56. The maximum Gasteiger partial charge on any atom is 0.260 e. The van der Waals surface area contributed by atoms with Crippen LogP contribution in [0.25, 0.3) is 22.2 Å². The lowest BCUT2D eigenvalue weighted by Gasteiger charge is -2.27. The Morgan fingerprint density at radius 1 is 0.930 bits per heavy atom. The van der Waals surface area contributed by atoms with E-state index in [0.29, 0.717) is 51.2 Å². The van der Waals surface area contributed by atoms with Crippen molar-refractivity contribution in [2.45, 2.75) is 38.3 Å². The molecule has 3 heterocycles. The van der Waals surface area contributed by atoms with Crippen molar-refractivity contribution < 1.29 is 4.79 Å². The number of hydrogen-bond donors (Lipinski definition) is 3. The van der Waals surface area contributed by atoms with Gasteiger partial charge in [0.1, 0.15) is 5.65 Å². The first kappa shape index (κ1) is 27.3. The Hall–Kier alpha value is -4.53. The molecule has 2 unspecified atom stereocenters. The van der Waals surface area contributed by atoms with Gasteiger partial charge in [0, 0.05) is 63.7 Å². The molecule has 0 radical (unpaired) electrons. The number of pyridine rings is 1. The second-order valence-electron chi connectivity index (χ2n) is 11.4. The van der Waals surface area contributed by atoms with Gasteiger partial charge >= 0.3 is 0 Å². The Morgan fingerprint density at radius 2 is 1.74 bits per heavy atom. The molecule has 0 saturated carbocycles. The first-order valence-electron chi connectivity index (χ1n) is 14.6. The van der Waals surface area contributed by atoms with E-state index in [0.717, 1.165) is 42.0 Å². The van der Waals surface area contributed by atoms with E-state index in [1.807, 2.05) is 73.7 Å². The summed E-state index contributed by atoms with van der Waals surface area (Å²) in [5.41, 5.74) is 5.85. The topological polar surface area (TPSA) is 101 Å². The third-order valence-corrected chi connectivity index (χ3v) is 8.63. The molecule has 0 bridgehead atoms. The Kier molecular flexibility index (Phi) is 7.16. The van der Waals surface area contributed by atoms with Crippen LogP contribution in [-0.2, 0) is 6.42 Å². The summed E-state index contributed by atoms with van der Waals surface area (Å²) in [5.74, 6) is 0.380. The number of nitrogens with zero attached hydrogens (tertiary/aromatic N) is 3. The van der Waals surface area contributed by atoms with Crippen LogP contribution in [0.3, 0.4) is 0 Å². The molecule has 2 atom stereocenters. The van der Waals surface area contributed by atoms with Crippen LogP contribution in [0.15, 0.2) is 83.8 Å². The highest BCUT2D eigenvalue weighted by atomic mass is 35.5. The summed E-state index contributed by atoms with van der Waals surface area (Å²) in [7, 11) is 0. The molecule has 3 aromatic carbocycles. The average molecular weight is 591 g/mol. The zero-order chi connectivity index (χ0) is 29.5. The molecule has 1 fully saturated rings. The minimum Gasteiger partial charge on any atom is -0.381 e. The van der Waals surface area contributed by atoms with Crippen LogP contribution >= 0.6 is 11.6 Å². The number of aromatic nitrogens is 3.